The van der Waals surface area contributed by atoms with Crippen molar-refractivity contribution in [3.8, 4) is 0 Å². The maximum atomic E-state index is 10.9. The van der Waals surface area contributed by atoms with Gasteiger partial charge in [-0.25, -0.2) is 0 Å². The van der Waals surface area contributed by atoms with Crippen LogP contribution in [0.4, 0.5) is 0 Å². The molecule has 3 nitrogen and oxygen atoms in total. The predicted molar refractivity (Wildman–Crippen MR) is 84.0 cm³/mol. The van der Waals surface area contributed by atoms with Gasteiger partial charge in [0.2, 0.25) is 0 Å². The van der Waals surface area contributed by atoms with Gasteiger partial charge >= 0.3 is 5.97 Å². The van der Waals surface area contributed by atoms with Crippen molar-refractivity contribution < 1.29 is 9.90 Å². The molecule has 0 spiro atoms. The molecule has 1 N–H and O–H groups in total. The number of carboxylic acids is 1. The minimum atomic E-state index is -0.663. The van der Waals surface area contributed by atoms with Crippen LogP contribution in [0.15, 0.2) is 0 Å². The van der Waals surface area contributed by atoms with Crippen LogP contribution in [-0.2, 0) is 4.79 Å². The highest BCUT2D eigenvalue weighted by Crippen LogP contribution is 2.28. The molecule has 118 valence electrons. The Morgan fingerprint density at radius 1 is 1.10 bits per heavy atom. The Bertz CT molecular complexity index is 268. The third kappa shape index (κ3) is 6.74. The lowest BCUT2D eigenvalue weighted by molar-refractivity contribution is -0.137. The molecule has 0 bridgehead atoms. The van der Waals surface area contributed by atoms with Crippen LogP contribution >= 0.6 is 0 Å². The minimum Gasteiger partial charge on any atom is -0.481 e. The zero-order chi connectivity index (χ0) is 14.8. The van der Waals surface area contributed by atoms with Gasteiger partial charge in [0, 0.05) is 12.6 Å². The maximum absolute atomic E-state index is 10.9. The summed E-state index contributed by atoms with van der Waals surface area (Å²) in [6.07, 6.45) is 12.0. The average molecular weight is 283 g/mol. The van der Waals surface area contributed by atoms with Crippen LogP contribution in [0.3, 0.4) is 0 Å². The Kier molecular flexibility index (Phi) is 8.92. The van der Waals surface area contributed by atoms with E-state index >= 15 is 0 Å². The fraction of sp³-hybridized carbons (Fsp3) is 0.941. The summed E-state index contributed by atoms with van der Waals surface area (Å²) < 4.78 is 0. The zero-order valence-corrected chi connectivity index (χ0v) is 13.4. The molecule has 0 saturated heterocycles. The van der Waals surface area contributed by atoms with Gasteiger partial charge in [0.15, 0.2) is 0 Å². The van der Waals surface area contributed by atoms with E-state index in [1.807, 2.05) is 0 Å². The highest BCUT2D eigenvalue weighted by atomic mass is 16.4. The number of carboxylic acid groups (broad SMARTS) is 1. The molecule has 1 fully saturated rings. The number of hydrogen-bond donors (Lipinski definition) is 1. The minimum absolute atomic E-state index is 0.290. The molecule has 1 aliphatic rings. The van der Waals surface area contributed by atoms with Gasteiger partial charge in [-0.15, -0.1) is 0 Å². The van der Waals surface area contributed by atoms with Gasteiger partial charge in [0.1, 0.15) is 0 Å². The quantitative estimate of drug-likeness (QED) is 0.607. The van der Waals surface area contributed by atoms with Gasteiger partial charge in [0.25, 0.3) is 0 Å². The van der Waals surface area contributed by atoms with Gasteiger partial charge in [-0.3, -0.25) is 9.69 Å². The first kappa shape index (κ1) is 17.5. The molecule has 1 rings (SSSR count). The van der Waals surface area contributed by atoms with Crippen molar-refractivity contribution >= 4 is 5.97 Å². The predicted octanol–water partition coefficient (Wildman–Crippen LogP) is 4.31. The second-order valence-electron chi connectivity index (χ2n) is 6.42. The summed E-state index contributed by atoms with van der Waals surface area (Å²) in [6, 6.07) is 0.620. The summed E-state index contributed by atoms with van der Waals surface area (Å²) in [5.74, 6) is 0.0673. The van der Waals surface area contributed by atoms with E-state index in [2.05, 4.69) is 18.7 Å². The normalized spacial score (nSPS) is 23.1. The van der Waals surface area contributed by atoms with Crippen LogP contribution in [0.2, 0.25) is 0 Å². The van der Waals surface area contributed by atoms with Crippen molar-refractivity contribution in [3.05, 3.63) is 0 Å². The summed E-state index contributed by atoms with van der Waals surface area (Å²) in [4.78, 5) is 13.3. The van der Waals surface area contributed by atoms with Gasteiger partial charge in [-0.05, 0) is 31.7 Å². The Labute approximate surface area is 124 Å². The molecule has 0 heterocycles. The summed E-state index contributed by atoms with van der Waals surface area (Å²) in [7, 11) is 0. The van der Waals surface area contributed by atoms with Gasteiger partial charge in [0.05, 0.1) is 6.42 Å². The molecule has 20 heavy (non-hydrogen) atoms. The summed E-state index contributed by atoms with van der Waals surface area (Å²) >= 11 is 0. The van der Waals surface area contributed by atoms with E-state index in [1.54, 1.807) is 0 Å². The SMILES string of the molecule is CCCCCCCN(CCC(=O)O)C1CCCCC1C. The molecule has 3 heteroatoms. The van der Waals surface area contributed by atoms with Crippen molar-refractivity contribution in [1.82, 2.24) is 4.90 Å². The van der Waals surface area contributed by atoms with Gasteiger partial charge < -0.3 is 5.11 Å². The first-order valence-corrected chi connectivity index (χ1v) is 8.61. The number of unbranched alkanes of at least 4 members (excludes halogenated alkanes) is 4. The van der Waals surface area contributed by atoms with Crippen LogP contribution in [0.5, 0.6) is 0 Å². The van der Waals surface area contributed by atoms with E-state index in [0.717, 1.165) is 19.0 Å². The number of nitrogens with zero attached hydrogens (tertiary/aromatic N) is 1. The molecule has 0 amide bonds. The maximum Gasteiger partial charge on any atom is 0.304 e. The molecular formula is C17H33NO2. The first-order chi connectivity index (χ1) is 9.65. The van der Waals surface area contributed by atoms with Crippen LogP contribution in [0, 0.1) is 5.92 Å². The number of hydrogen-bond acceptors (Lipinski definition) is 2. The molecule has 0 aromatic rings. The molecule has 2 atom stereocenters. The standard InChI is InChI=1S/C17H33NO2/c1-3-4-5-6-9-13-18(14-12-17(19)20)16-11-8-7-10-15(16)2/h15-16H,3-14H2,1-2H3,(H,19,20). The fourth-order valence-electron chi connectivity index (χ4n) is 3.44. The first-order valence-electron chi connectivity index (χ1n) is 8.61. The Morgan fingerprint density at radius 3 is 2.45 bits per heavy atom. The second-order valence-corrected chi connectivity index (χ2v) is 6.42. The number of rotatable bonds is 10. The zero-order valence-electron chi connectivity index (χ0n) is 13.4. The molecule has 0 aromatic carbocycles. The fourth-order valence-corrected chi connectivity index (χ4v) is 3.44. The van der Waals surface area contributed by atoms with Crippen LogP contribution in [-0.4, -0.2) is 35.1 Å². The van der Waals surface area contributed by atoms with Crippen molar-refractivity contribution in [2.45, 2.75) is 84.1 Å². The lowest BCUT2D eigenvalue weighted by atomic mass is 9.84. The second kappa shape index (κ2) is 10.2. The van der Waals surface area contributed by atoms with E-state index < -0.39 is 5.97 Å². The van der Waals surface area contributed by atoms with Crippen molar-refractivity contribution in [3.63, 3.8) is 0 Å². The Morgan fingerprint density at radius 2 is 1.80 bits per heavy atom. The summed E-state index contributed by atoms with van der Waals surface area (Å²) in [5.41, 5.74) is 0. The Hall–Kier alpha value is -0.570. The van der Waals surface area contributed by atoms with E-state index in [4.69, 9.17) is 5.11 Å². The topological polar surface area (TPSA) is 40.5 Å². The number of carbonyl (C=O) groups is 1. The van der Waals surface area contributed by atoms with Gasteiger partial charge in [-0.2, -0.15) is 0 Å². The van der Waals surface area contributed by atoms with Crippen LogP contribution < -0.4 is 0 Å². The third-order valence-electron chi connectivity index (χ3n) is 4.70. The third-order valence-corrected chi connectivity index (χ3v) is 4.70. The van der Waals surface area contributed by atoms with E-state index in [0.29, 0.717) is 6.04 Å². The highest BCUT2D eigenvalue weighted by Gasteiger charge is 2.26. The Balaban J connectivity index is 2.39. The molecular weight excluding hydrogens is 250 g/mol. The van der Waals surface area contributed by atoms with E-state index in [9.17, 15) is 4.79 Å². The van der Waals surface area contributed by atoms with Crippen molar-refractivity contribution in [1.29, 1.82) is 0 Å². The molecule has 0 aliphatic heterocycles. The molecule has 0 radical (unpaired) electrons. The molecule has 0 aromatic heterocycles. The van der Waals surface area contributed by atoms with Gasteiger partial charge in [-0.1, -0.05) is 52.4 Å². The van der Waals surface area contributed by atoms with E-state index in [-0.39, 0.29) is 6.42 Å². The van der Waals surface area contributed by atoms with E-state index in [1.165, 1.54) is 57.8 Å². The van der Waals surface area contributed by atoms with Crippen LogP contribution in [0.1, 0.15) is 78.1 Å². The molecule has 1 saturated carbocycles. The lowest BCUT2D eigenvalue weighted by Gasteiger charge is -2.38. The molecule has 2 unspecified atom stereocenters. The lowest BCUT2D eigenvalue weighted by Crippen LogP contribution is -2.43. The van der Waals surface area contributed by atoms with Crippen molar-refractivity contribution in [2.75, 3.05) is 13.1 Å². The number of aliphatic carboxylic acids is 1. The largest absolute Gasteiger partial charge is 0.481 e. The van der Waals surface area contributed by atoms with Crippen LogP contribution in [0.25, 0.3) is 0 Å². The molecule has 1 aliphatic carbocycles. The summed E-state index contributed by atoms with van der Waals surface area (Å²) in [5, 5.41) is 8.94. The average Bonchev–Trinajstić information content (AvgIpc) is 2.43. The smallest absolute Gasteiger partial charge is 0.304 e. The monoisotopic (exact) mass is 283 g/mol. The summed E-state index contributed by atoms with van der Waals surface area (Å²) in [6.45, 7) is 6.40. The highest BCUT2D eigenvalue weighted by molar-refractivity contribution is 5.66. The van der Waals surface area contributed by atoms with Crippen molar-refractivity contribution in [2.24, 2.45) is 5.92 Å².